The van der Waals surface area contributed by atoms with E-state index in [9.17, 15) is 19.1 Å². The molecule has 4 rings (SSSR count). The molecule has 0 atom stereocenters. The molecule has 2 aromatic carbocycles. The lowest BCUT2D eigenvalue weighted by Gasteiger charge is -2.48. The van der Waals surface area contributed by atoms with Crippen LogP contribution >= 0.6 is 0 Å². The van der Waals surface area contributed by atoms with Crippen molar-refractivity contribution in [1.29, 1.82) is 0 Å². The van der Waals surface area contributed by atoms with Gasteiger partial charge in [0, 0.05) is 30.4 Å². The van der Waals surface area contributed by atoms with Crippen LogP contribution in [0.15, 0.2) is 23.1 Å². The molecule has 6 nitrogen and oxygen atoms in total. The Labute approximate surface area is 183 Å². The van der Waals surface area contributed by atoms with Gasteiger partial charge in [-0.25, -0.2) is 13.6 Å². The van der Waals surface area contributed by atoms with Crippen LogP contribution in [0, 0.1) is 37.8 Å². The van der Waals surface area contributed by atoms with E-state index in [4.69, 9.17) is 5.73 Å². The predicted octanol–water partition coefficient (Wildman–Crippen LogP) is 4.32. The van der Waals surface area contributed by atoms with E-state index in [0.717, 1.165) is 0 Å². The van der Waals surface area contributed by atoms with E-state index in [0.29, 0.717) is 41.1 Å². The fourth-order valence-corrected chi connectivity index (χ4v) is 4.70. The van der Waals surface area contributed by atoms with Crippen LogP contribution in [-0.2, 0) is 0 Å². The second-order valence-electron chi connectivity index (χ2n) is 9.36. The normalized spacial score (nSPS) is 15.2. The van der Waals surface area contributed by atoms with Crippen molar-refractivity contribution in [2.24, 2.45) is 5.41 Å². The molecule has 2 heterocycles. The zero-order chi connectivity index (χ0) is 23.7. The van der Waals surface area contributed by atoms with Crippen molar-refractivity contribution in [1.82, 2.24) is 4.57 Å². The summed E-state index contributed by atoms with van der Waals surface area (Å²) in [6.07, 6.45) is 1.21. The maximum absolute atomic E-state index is 15.6. The van der Waals surface area contributed by atoms with Gasteiger partial charge in [-0.05, 0) is 43.9 Å². The van der Waals surface area contributed by atoms with Crippen molar-refractivity contribution in [2.75, 3.05) is 23.7 Å². The predicted molar refractivity (Wildman–Crippen MR) is 121 cm³/mol. The minimum absolute atomic E-state index is 0.00858. The highest BCUT2D eigenvalue weighted by Crippen LogP contribution is 2.41. The molecule has 1 aliphatic heterocycles. The van der Waals surface area contributed by atoms with Crippen molar-refractivity contribution in [3.8, 4) is 5.69 Å². The summed E-state index contributed by atoms with van der Waals surface area (Å²) < 4.78 is 31.1. The quantitative estimate of drug-likeness (QED) is 0.591. The lowest BCUT2D eigenvalue weighted by Crippen LogP contribution is -2.53. The number of carboxylic acid groups (broad SMARTS) is 1. The maximum atomic E-state index is 15.6. The molecule has 1 aliphatic rings. The number of anilines is 2. The Morgan fingerprint density at radius 3 is 2.31 bits per heavy atom. The van der Waals surface area contributed by atoms with Gasteiger partial charge in [-0.3, -0.25) is 4.79 Å². The van der Waals surface area contributed by atoms with Gasteiger partial charge in [0.05, 0.1) is 28.0 Å². The summed E-state index contributed by atoms with van der Waals surface area (Å²) in [5.74, 6) is -2.56. The Kier molecular flexibility index (Phi) is 4.80. The number of halogens is 2. The molecule has 0 amide bonds. The van der Waals surface area contributed by atoms with Gasteiger partial charge in [-0.2, -0.15) is 0 Å². The van der Waals surface area contributed by atoms with Crippen LogP contribution in [0.2, 0.25) is 0 Å². The lowest BCUT2D eigenvalue weighted by molar-refractivity contribution is 0.0695. The zero-order valence-electron chi connectivity index (χ0n) is 18.6. The van der Waals surface area contributed by atoms with E-state index >= 15 is 4.39 Å². The van der Waals surface area contributed by atoms with E-state index in [2.05, 4.69) is 13.8 Å². The van der Waals surface area contributed by atoms with E-state index in [-0.39, 0.29) is 22.1 Å². The van der Waals surface area contributed by atoms with Crippen molar-refractivity contribution >= 4 is 28.2 Å². The Morgan fingerprint density at radius 2 is 1.75 bits per heavy atom. The van der Waals surface area contributed by atoms with E-state index in [1.54, 1.807) is 13.8 Å². The van der Waals surface area contributed by atoms with E-state index in [1.807, 2.05) is 4.90 Å². The third kappa shape index (κ3) is 3.13. The number of aryl methyl sites for hydroxylation is 3. The molecule has 8 heteroatoms. The summed E-state index contributed by atoms with van der Waals surface area (Å²) in [5.41, 5.74) is 6.73. The summed E-state index contributed by atoms with van der Waals surface area (Å²) in [5, 5.41) is 9.63. The number of nitrogen functional groups attached to an aromatic ring is 1. The number of nitrogens with zero attached hydrogens (tertiary/aromatic N) is 2. The summed E-state index contributed by atoms with van der Waals surface area (Å²) >= 11 is 0. The number of hydrogen-bond donors (Lipinski definition) is 2. The van der Waals surface area contributed by atoms with Crippen LogP contribution in [0.5, 0.6) is 0 Å². The highest BCUT2D eigenvalue weighted by molar-refractivity contribution is 5.97. The standard InChI is InChI=1S/C24H25F2N3O3/c1-11-6-15(25)16(27)7-17(11)29-8-14(23(31)32)22(30)18-12(2)19(26)21(13(3)20(18)29)28-9-24(4,5)10-28/h6-8H,9-10,27H2,1-5H3,(H,31,32). The van der Waals surface area contributed by atoms with Gasteiger partial charge in [0.15, 0.2) is 5.82 Å². The largest absolute Gasteiger partial charge is 0.477 e. The minimum Gasteiger partial charge on any atom is -0.477 e. The molecular formula is C24H25F2N3O3. The first kappa shape index (κ1) is 21.8. The van der Waals surface area contributed by atoms with E-state index in [1.165, 1.54) is 29.8 Å². The van der Waals surface area contributed by atoms with Crippen LogP contribution in [0.4, 0.5) is 20.2 Å². The highest BCUT2D eigenvalue weighted by atomic mass is 19.1. The molecule has 3 aromatic rings. The molecule has 0 radical (unpaired) electrons. The lowest BCUT2D eigenvalue weighted by atomic mass is 9.83. The van der Waals surface area contributed by atoms with Crippen LogP contribution < -0.4 is 16.1 Å². The number of carboxylic acids is 1. The summed E-state index contributed by atoms with van der Waals surface area (Å²) in [4.78, 5) is 26.9. The topological polar surface area (TPSA) is 88.6 Å². The molecule has 0 aliphatic carbocycles. The van der Waals surface area contributed by atoms with E-state index < -0.39 is 28.6 Å². The first-order chi connectivity index (χ1) is 14.8. The van der Waals surface area contributed by atoms with Gasteiger partial charge >= 0.3 is 5.97 Å². The van der Waals surface area contributed by atoms with Crippen molar-refractivity contribution in [3.63, 3.8) is 0 Å². The second-order valence-corrected chi connectivity index (χ2v) is 9.36. The number of aromatic carboxylic acids is 1. The number of aromatic nitrogens is 1. The average Bonchev–Trinajstić information content (AvgIpc) is 2.67. The van der Waals surface area contributed by atoms with Gasteiger partial charge in [0.1, 0.15) is 11.4 Å². The molecule has 1 saturated heterocycles. The molecule has 0 saturated carbocycles. The fourth-order valence-electron chi connectivity index (χ4n) is 4.70. The third-order valence-electron chi connectivity index (χ3n) is 6.19. The number of rotatable bonds is 3. The molecule has 0 spiro atoms. The number of benzene rings is 2. The van der Waals surface area contributed by atoms with Gasteiger partial charge < -0.3 is 20.3 Å². The summed E-state index contributed by atoms with van der Waals surface area (Å²) in [6, 6.07) is 2.64. The monoisotopic (exact) mass is 441 g/mol. The van der Waals surface area contributed by atoms with Crippen molar-refractivity contribution in [2.45, 2.75) is 34.6 Å². The first-order valence-corrected chi connectivity index (χ1v) is 10.3. The summed E-state index contributed by atoms with van der Waals surface area (Å²) in [7, 11) is 0. The Morgan fingerprint density at radius 1 is 1.12 bits per heavy atom. The van der Waals surface area contributed by atoms with Gasteiger partial charge in [-0.15, -0.1) is 0 Å². The molecule has 168 valence electrons. The Bertz CT molecular complexity index is 1370. The van der Waals surface area contributed by atoms with Crippen LogP contribution in [0.3, 0.4) is 0 Å². The van der Waals surface area contributed by atoms with Crippen molar-refractivity contribution < 1.29 is 18.7 Å². The first-order valence-electron chi connectivity index (χ1n) is 10.3. The molecule has 0 unspecified atom stereocenters. The molecule has 1 aromatic heterocycles. The summed E-state index contributed by atoms with van der Waals surface area (Å²) in [6.45, 7) is 10.3. The molecule has 0 bridgehead atoms. The number of hydrogen-bond acceptors (Lipinski definition) is 4. The van der Waals surface area contributed by atoms with Gasteiger partial charge in [0.2, 0.25) is 5.43 Å². The number of nitrogens with two attached hydrogens (primary N) is 1. The smallest absolute Gasteiger partial charge is 0.341 e. The van der Waals surface area contributed by atoms with Crippen LogP contribution in [0.1, 0.15) is 40.9 Å². The molecule has 1 fully saturated rings. The highest BCUT2D eigenvalue weighted by Gasteiger charge is 2.37. The van der Waals surface area contributed by atoms with Crippen molar-refractivity contribution in [3.05, 3.63) is 62.4 Å². The molecule has 32 heavy (non-hydrogen) atoms. The maximum Gasteiger partial charge on any atom is 0.341 e. The Balaban J connectivity index is 2.17. The average molecular weight is 441 g/mol. The molecule has 3 N–H and O–H groups in total. The second kappa shape index (κ2) is 7.05. The number of carbonyl (C=O) groups is 1. The van der Waals surface area contributed by atoms with Gasteiger partial charge in [-0.1, -0.05) is 13.8 Å². The zero-order valence-corrected chi connectivity index (χ0v) is 18.6. The minimum atomic E-state index is -1.43. The number of fused-ring (bicyclic) bond motifs is 1. The third-order valence-corrected chi connectivity index (χ3v) is 6.19. The SMILES string of the molecule is Cc1cc(F)c(N)cc1-n1cc(C(=O)O)c(=O)c2c(C)c(F)c(N3CC(C)(C)C3)c(C)c21. The molecular weight excluding hydrogens is 416 g/mol. The van der Waals surface area contributed by atoms with Gasteiger partial charge in [0.25, 0.3) is 0 Å². The fraction of sp³-hybridized carbons (Fsp3) is 0.333. The number of pyridine rings is 1. The Hall–Kier alpha value is -3.42. The van der Waals surface area contributed by atoms with Crippen LogP contribution in [-0.4, -0.2) is 28.7 Å². The van der Waals surface area contributed by atoms with Crippen LogP contribution in [0.25, 0.3) is 16.6 Å².